The topological polar surface area (TPSA) is 85.1 Å². The first-order chi connectivity index (χ1) is 14.6. The van der Waals surface area contributed by atoms with Gasteiger partial charge in [-0.05, 0) is 31.2 Å². The number of halogens is 1. The van der Waals surface area contributed by atoms with E-state index < -0.39 is 0 Å². The van der Waals surface area contributed by atoms with Gasteiger partial charge >= 0.3 is 0 Å². The fourth-order valence-electron chi connectivity index (χ4n) is 2.85. The summed E-state index contributed by atoms with van der Waals surface area (Å²) in [5.41, 5.74) is 4.88. The second kappa shape index (κ2) is 9.06. The number of hydrogen-bond acceptors (Lipinski definition) is 6. The number of nitrogens with one attached hydrogen (secondary N) is 1. The summed E-state index contributed by atoms with van der Waals surface area (Å²) in [5, 5.41) is 14.2. The van der Waals surface area contributed by atoms with E-state index in [-0.39, 0.29) is 11.7 Å². The first kappa shape index (κ1) is 20.1. The van der Waals surface area contributed by atoms with Crippen LogP contribution in [0.4, 0.5) is 0 Å². The Hall–Kier alpha value is -3.23. The summed E-state index contributed by atoms with van der Waals surface area (Å²) in [7, 11) is 0. The van der Waals surface area contributed by atoms with Crippen molar-refractivity contribution in [2.75, 3.05) is 5.75 Å². The van der Waals surface area contributed by atoms with Crippen LogP contribution in [0.2, 0.25) is 5.15 Å². The van der Waals surface area contributed by atoms with Gasteiger partial charge in [-0.3, -0.25) is 9.36 Å². The summed E-state index contributed by atoms with van der Waals surface area (Å²) in [5.74, 6) is 0.633. The molecule has 0 saturated carbocycles. The van der Waals surface area contributed by atoms with E-state index in [0.29, 0.717) is 15.9 Å². The van der Waals surface area contributed by atoms with Gasteiger partial charge in [-0.15, -0.1) is 10.2 Å². The molecule has 1 amide bonds. The number of carbonyl (C=O) groups excluding carboxylic acids is 1. The van der Waals surface area contributed by atoms with E-state index >= 15 is 0 Å². The van der Waals surface area contributed by atoms with Gasteiger partial charge in [0.25, 0.3) is 5.91 Å². The fourth-order valence-corrected chi connectivity index (χ4v) is 3.83. The molecule has 0 bridgehead atoms. The molecule has 2 aromatic heterocycles. The molecule has 150 valence electrons. The van der Waals surface area contributed by atoms with Crippen LogP contribution in [0, 0.1) is 6.92 Å². The number of aryl methyl sites for hydroxylation is 1. The molecule has 7 nitrogen and oxygen atoms in total. The van der Waals surface area contributed by atoms with E-state index in [2.05, 4.69) is 25.7 Å². The van der Waals surface area contributed by atoms with Crippen LogP contribution in [-0.4, -0.2) is 37.6 Å². The van der Waals surface area contributed by atoms with Crippen LogP contribution in [-0.2, 0) is 4.79 Å². The molecule has 0 unspecified atom stereocenters. The minimum atomic E-state index is -0.263. The molecule has 0 radical (unpaired) electrons. The standard InChI is InChI=1S/C21H17ClN6OS/c1-14-25-27-21(28(14)17-8-3-2-4-9-17)30-13-19(29)26-23-12-16-11-15-7-5-6-10-18(15)24-20(16)22/h2-12H,13H2,1H3,(H,26,29)/b23-12-. The number of pyridine rings is 1. The second-order valence-corrected chi connectivity index (χ2v) is 7.64. The largest absolute Gasteiger partial charge is 0.274 e. The Balaban J connectivity index is 1.39. The second-order valence-electron chi connectivity index (χ2n) is 6.34. The summed E-state index contributed by atoms with van der Waals surface area (Å²) in [6, 6.07) is 19.3. The number of hydrazone groups is 1. The quantitative estimate of drug-likeness (QED) is 0.213. The van der Waals surface area contributed by atoms with E-state index in [1.54, 1.807) is 0 Å². The fraction of sp³-hybridized carbons (Fsp3) is 0.0952. The first-order valence-electron chi connectivity index (χ1n) is 9.09. The van der Waals surface area contributed by atoms with Gasteiger partial charge in [-0.1, -0.05) is 59.8 Å². The van der Waals surface area contributed by atoms with Crippen molar-refractivity contribution in [3.05, 3.63) is 77.2 Å². The summed E-state index contributed by atoms with van der Waals surface area (Å²) in [4.78, 5) is 16.5. The van der Waals surface area contributed by atoms with Crippen LogP contribution in [0.25, 0.3) is 16.6 Å². The Labute approximate surface area is 182 Å². The molecular formula is C21H17ClN6OS. The van der Waals surface area contributed by atoms with Gasteiger partial charge in [0.1, 0.15) is 11.0 Å². The Morgan fingerprint density at radius 1 is 1.17 bits per heavy atom. The maximum absolute atomic E-state index is 12.2. The van der Waals surface area contributed by atoms with Gasteiger partial charge in [-0.25, -0.2) is 10.4 Å². The van der Waals surface area contributed by atoms with E-state index in [1.807, 2.05) is 72.2 Å². The lowest BCUT2D eigenvalue weighted by Gasteiger charge is -2.07. The Morgan fingerprint density at radius 2 is 1.93 bits per heavy atom. The number of rotatable bonds is 6. The third kappa shape index (κ3) is 4.50. The summed E-state index contributed by atoms with van der Waals surface area (Å²) in [6.45, 7) is 1.87. The van der Waals surface area contributed by atoms with Crippen molar-refractivity contribution in [2.45, 2.75) is 12.1 Å². The Kier molecular flexibility index (Phi) is 6.06. The van der Waals surface area contributed by atoms with Gasteiger partial charge in [0, 0.05) is 16.6 Å². The maximum atomic E-state index is 12.2. The predicted molar refractivity (Wildman–Crippen MR) is 119 cm³/mol. The van der Waals surface area contributed by atoms with Crippen LogP contribution in [0.15, 0.2) is 70.9 Å². The average molecular weight is 437 g/mol. The van der Waals surface area contributed by atoms with Crippen LogP contribution >= 0.6 is 23.4 Å². The highest BCUT2D eigenvalue weighted by atomic mass is 35.5. The predicted octanol–water partition coefficient (Wildman–Crippen LogP) is 4.02. The summed E-state index contributed by atoms with van der Waals surface area (Å²) < 4.78 is 1.90. The normalized spacial score (nSPS) is 11.3. The Morgan fingerprint density at radius 3 is 2.77 bits per heavy atom. The third-order valence-corrected chi connectivity index (χ3v) is 5.47. The van der Waals surface area contributed by atoms with Crippen LogP contribution in [0.5, 0.6) is 0 Å². The zero-order valence-electron chi connectivity index (χ0n) is 16.0. The van der Waals surface area contributed by atoms with Crippen LogP contribution < -0.4 is 5.43 Å². The maximum Gasteiger partial charge on any atom is 0.250 e. The van der Waals surface area contributed by atoms with E-state index in [0.717, 1.165) is 22.4 Å². The van der Waals surface area contributed by atoms with Crippen LogP contribution in [0.1, 0.15) is 11.4 Å². The van der Waals surface area contributed by atoms with Crippen molar-refractivity contribution in [3.63, 3.8) is 0 Å². The van der Waals surface area contributed by atoms with Gasteiger partial charge in [-0.2, -0.15) is 5.10 Å². The van der Waals surface area contributed by atoms with E-state index in [9.17, 15) is 4.79 Å². The van der Waals surface area contributed by atoms with E-state index in [4.69, 9.17) is 11.6 Å². The third-order valence-electron chi connectivity index (χ3n) is 4.24. The zero-order valence-corrected chi connectivity index (χ0v) is 17.6. The molecule has 9 heteroatoms. The molecule has 2 heterocycles. The van der Waals surface area contributed by atoms with Crippen molar-refractivity contribution < 1.29 is 4.79 Å². The summed E-state index contributed by atoms with van der Waals surface area (Å²) in [6.07, 6.45) is 1.49. The molecule has 30 heavy (non-hydrogen) atoms. The Bertz CT molecular complexity index is 1220. The van der Waals surface area contributed by atoms with Crippen molar-refractivity contribution >= 4 is 46.4 Å². The first-order valence-corrected chi connectivity index (χ1v) is 10.5. The SMILES string of the molecule is Cc1nnc(SCC(=O)N/N=C\c2cc3ccccc3nc2Cl)n1-c1ccccc1. The van der Waals surface area contributed by atoms with Gasteiger partial charge < -0.3 is 0 Å². The molecule has 0 saturated heterocycles. The number of hydrogen-bond donors (Lipinski definition) is 1. The minimum Gasteiger partial charge on any atom is -0.274 e. The van der Waals surface area contributed by atoms with Gasteiger partial charge in [0.15, 0.2) is 5.16 Å². The highest BCUT2D eigenvalue weighted by Gasteiger charge is 2.13. The molecule has 0 aliphatic heterocycles. The molecule has 2 aromatic carbocycles. The lowest BCUT2D eigenvalue weighted by atomic mass is 10.2. The van der Waals surface area contributed by atoms with Gasteiger partial charge in [0.05, 0.1) is 17.5 Å². The zero-order chi connectivity index (χ0) is 20.9. The summed E-state index contributed by atoms with van der Waals surface area (Å²) >= 11 is 7.49. The molecule has 0 fully saturated rings. The van der Waals surface area contributed by atoms with Crippen molar-refractivity contribution in [1.29, 1.82) is 0 Å². The molecule has 4 rings (SSSR count). The van der Waals surface area contributed by atoms with Crippen molar-refractivity contribution in [2.24, 2.45) is 5.10 Å². The average Bonchev–Trinajstić information content (AvgIpc) is 3.13. The number of fused-ring (bicyclic) bond motifs is 1. The molecule has 0 aliphatic carbocycles. The van der Waals surface area contributed by atoms with Gasteiger partial charge in [0.2, 0.25) is 0 Å². The molecule has 0 atom stereocenters. The highest BCUT2D eigenvalue weighted by Crippen LogP contribution is 2.21. The molecular weight excluding hydrogens is 420 g/mol. The number of benzene rings is 2. The number of nitrogens with zero attached hydrogens (tertiary/aromatic N) is 5. The number of amides is 1. The monoisotopic (exact) mass is 436 g/mol. The smallest absolute Gasteiger partial charge is 0.250 e. The van der Waals surface area contributed by atoms with Crippen LogP contribution in [0.3, 0.4) is 0 Å². The van der Waals surface area contributed by atoms with Crippen molar-refractivity contribution in [1.82, 2.24) is 25.2 Å². The number of aromatic nitrogens is 4. The number of thioether (sulfide) groups is 1. The van der Waals surface area contributed by atoms with Crippen molar-refractivity contribution in [3.8, 4) is 5.69 Å². The van der Waals surface area contributed by atoms with E-state index in [1.165, 1.54) is 18.0 Å². The molecule has 4 aromatic rings. The lowest BCUT2D eigenvalue weighted by Crippen LogP contribution is -2.20. The molecule has 0 spiro atoms. The number of para-hydroxylation sites is 2. The molecule has 1 N–H and O–H groups in total. The highest BCUT2D eigenvalue weighted by molar-refractivity contribution is 7.99. The minimum absolute atomic E-state index is 0.145. The lowest BCUT2D eigenvalue weighted by molar-refractivity contribution is -0.118. The molecule has 0 aliphatic rings. The number of carbonyl (C=O) groups is 1.